The smallest absolute Gasteiger partial charge is 0.339 e. The molecular weight excluding hydrogens is 262 g/mol. The number of carboxylic acids is 1. The molecule has 0 saturated carbocycles. The highest BCUT2D eigenvalue weighted by Gasteiger charge is 2.11. The Hall–Kier alpha value is -2.83. The van der Waals surface area contributed by atoms with Gasteiger partial charge in [0.2, 0.25) is 5.95 Å². The van der Waals surface area contributed by atoms with E-state index in [1.54, 1.807) is 13.8 Å². The van der Waals surface area contributed by atoms with Crippen LogP contribution in [0.4, 0.5) is 11.6 Å². The number of anilines is 2. The topological polar surface area (TPSA) is 115 Å². The van der Waals surface area contributed by atoms with Crippen molar-refractivity contribution >= 4 is 17.6 Å². The van der Waals surface area contributed by atoms with Gasteiger partial charge in [-0.05, 0) is 32.0 Å². The van der Waals surface area contributed by atoms with E-state index in [4.69, 9.17) is 5.11 Å². The number of carboxylic acid groups (broad SMARTS) is 1. The van der Waals surface area contributed by atoms with Gasteiger partial charge in [-0.3, -0.25) is 9.78 Å². The van der Waals surface area contributed by atoms with Gasteiger partial charge in [-0.25, -0.2) is 9.78 Å². The Morgan fingerprint density at radius 2 is 2.05 bits per heavy atom. The lowest BCUT2D eigenvalue weighted by molar-refractivity contribution is 0.0694. The summed E-state index contributed by atoms with van der Waals surface area (Å²) < 4.78 is 0. The molecule has 0 amide bonds. The van der Waals surface area contributed by atoms with Gasteiger partial charge >= 0.3 is 5.97 Å². The maximum atomic E-state index is 11.6. The molecule has 2 rings (SSSR count). The van der Waals surface area contributed by atoms with Gasteiger partial charge in [0, 0.05) is 16.9 Å². The second-order valence-corrected chi connectivity index (χ2v) is 4.29. The SMILES string of the molecule is Cc1nc(Nc2ccc(O)c(C(=O)O)c2)[nH]c(=O)c1C. The van der Waals surface area contributed by atoms with Gasteiger partial charge in [0.25, 0.3) is 5.56 Å². The van der Waals surface area contributed by atoms with E-state index in [9.17, 15) is 14.7 Å². The maximum Gasteiger partial charge on any atom is 0.339 e. The average Bonchev–Trinajstić information content (AvgIpc) is 2.38. The van der Waals surface area contributed by atoms with Crippen LogP contribution in [0.3, 0.4) is 0 Å². The molecule has 0 spiro atoms. The number of nitrogens with one attached hydrogen (secondary N) is 2. The first-order valence-electron chi connectivity index (χ1n) is 5.79. The Labute approximate surface area is 113 Å². The number of aromatic carboxylic acids is 1. The third-order valence-electron chi connectivity index (χ3n) is 2.88. The minimum Gasteiger partial charge on any atom is -0.507 e. The summed E-state index contributed by atoms with van der Waals surface area (Å²) in [6.07, 6.45) is 0. The fraction of sp³-hybridized carbons (Fsp3) is 0.154. The summed E-state index contributed by atoms with van der Waals surface area (Å²) >= 11 is 0. The number of phenols is 1. The van der Waals surface area contributed by atoms with E-state index in [0.717, 1.165) is 0 Å². The predicted molar refractivity (Wildman–Crippen MR) is 72.7 cm³/mol. The largest absolute Gasteiger partial charge is 0.507 e. The zero-order chi connectivity index (χ0) is 14.9. The van der Waals surface area contributed by atoms with Crippen LogP contribution in [0.15, 0.2) is 23.0 Å². The number of aromatic nitrogens is 2. The van der Waals surface area contributed by atoms with E-state index >= 15 is 0 Å². The summed E-state index contributed by atoms with van der Waals surface area (Å²) in [5.41, 5.74) is 0.992. The van der Waals surface area contributed by atoms with E-state index in [-0.39, 0.29) is 22.8 Å². The maximum absolute atomic E-state index is 11.6. The molecule has 0 bridgehead atoms. The van der Waals surface area contributed by atoms with E-state index in [0.29, 0.717) is 16.9 Å². The molecule has 104 valence electrons. The molecule has 7 heteroatoms. The van der Waals surface area contributed by atoms with E-state index in [2.05, 4.69) is 15.3 Å². The molecule has 0 radical (unpaired) electrons. The highest BCUT2D eigenvalue weighted by Crippen LogP contribution is 2.22. The second-order valence-electron chi connectivity index (χ2n) is 4.29. The molecule has 4 N–H and O–H groups in total. The summed E-state index contributed by atoms with van der Waals surface area (Å²) in [5, 5.41) is 21.1. The lowest BCUT2D eigenvalue weighted by atomic mass is 10.2. The minimum absolute atomic E-state index is 0.208. The van der Waals surface area contributed by atoms with Crippen LogP contribution in [0.25, 0.3) is 0 Å². The summed E-state index contributed by atoms with van der Waals surface area (Å²) in [5.74, 6) is -1.36. The highest BCUT2D eigenvalue weighted by molar-refractivity contribution is 5.92. The van der Waals surface area contributed by atoms with Gasteiger partial charge in [0.05, 0.1) is 0 Å². The van der Waals surface area contributed by atoms with Gasteiger partial charge < -0.3 is 15.5 Å². The Bertz CT molecular complexity index is 737. The lowest BCUT2D eigenvalue weighted by Gasteiger charge is -2.08. The van der Waals surface area contributed by atoms with Crippen molar-refractivity contribution in [3.63, 3.8) is 0 Å². The van der Waals surface area contributed by atoms with Crippen LogP contribution < -0.4 is 10.9 Å². The van der Waals surface area contributed by atoms with E-state index < -0.39 is 5.97 Å². The number of hydrogen-bond acceptors (Lipinski definition) is 5. The highest BCUT2D eigenvalue weighted by atomic mass is 16.4. The van der Waals surface area contributed by atoms with Gasteiger partial charge in [0.15, 0.2) is 0 Å². The molecule has 0 aliphatic rings. The molecule has 0 atom stereocenters. The van der Waals surface area contributed by atoms with Crippen molar-refractivity contribution in [3.8, 4) is 5.75 Å². The Balaban J connectivity index is 2.38. The van der Waals surface area contributed by atoms with Crippen molar-refractivity contribution in [2.45, 2.75) is 13.8 Å². The molecule has 0 fully saturated rings. The zero-order valence-corrected chi connectivity index (χ0v) is 10.9. The molecule has 1 heterocycles. The van der Waals surface area contributed by atoms with Crippen LogP contribution >= 0.6 is 0 Å². The fourth-order valence-corrected chi connectivity index (χ4v) is 1.63. The second kappa shape index (κ2) is 5.04. The standard InChI is InChI=1S/C13H13N3O4/c1-6-7(2)14-13(16-11(6)18)15-8-3-4-10(17)9(5-8)12(19)20/h3-5,17H,1-2H3,(H,19,20)(H2,14,15,16,18). The first-order valence-corrected chi connectivity index (χ1v) is 5.79. The summed E-state index contributed by atoms with van der Waals surface area (Å²) in [6, 6.07) is 3.99. The number of rotatable bonds is 3. The predicted octanol–water partition coefficient (Wildman–Crippen LogP) is 1.53. The van der Waals surface area contributed by atoms with Gasteiger partial charge in [-0.2, -0.15) is 0 Å². The summed E-state index contributed by atoms with van der Waals surface area (Å²) in [6.45, 7) is 3.36. The van der Waals surface area contributed by atoms with Crippen molar-refractivity contribution in [1.29, 1.82) is 0 Å². The van der Waals surface area contributed by atoms with Crippen molar-refractivity contribution in [2.75, 3.05) is 5.32 Å². The first-order chi connectivity index (χ1) is 9.38. The van der Waals surface area contributed by atoms with Gasteiger partial charge in [-0.15, -0.1) is 0 Å². The number of carbonyl (C=O) groups is 1. The number of aromatic amines is 1. The van der Waals surface area contributed by atoms with Crippen molar-refractivity contribution in [1.82, 2.24) is 9.97 Å². The molecular formula is C13H13N3O4. The van der Waals surface area contributed by atoms with Crippen LogP contribution in [0.5, 0.6) is 5.75 Å². The molecule has 0 aliphatic heterocycles. The third kappa shape index (κ3) is 2.61. The molecule has 0 aliphatic carbocycles. The van der Waals surface area contributed by atoms with E-state index in [1.807, 2.05) is 0 Å². The van der Waals surface area contributed by atoms with Crippen LogP contribution in [-0.4, -0.2) is 26.2 Å². The number of aromatic hydroxyl groups is 1. The molecule has 20 heavy (non-hydrogen) atoms. The van der Waals surface area contributed by atoms with Gasteiger partial charge in [0.1, 0.15) is 11.3 Å². The van der Waals surface area contributed by atoms with Crippen LogP contribution in [0.2, 0.25) is 0 Å². The zero-order valence-electron chi connectivity index (χ0n) is 10.9. The molecule has 0 saturated heterocycles. The third-order valence-corrected chi connectivity index (χ3v) is 2.88. The Morgan fingerprint density at radius 1 is 1.35 bits per heavy atom. The number of aryl methyl sites for hydroxylation is 1. The summed E-state index contributed by atoms with van der Waals surface area (Å²) in [7, 11) is 0. The molecule has 1 aromatic carbocycles. The molecule has 0 unspecified atom stereocenters. The van der Waals surface area contributed by atoms with Crippen LogP contribution in [-0.2, 0) is 0 Å². The van der Waals surface area contributed by atoms with Crippen molar-refractivity contribution in [2.24, 2.45) is 0 Å². The van der Waals surface area contributed by atoms with Crippen LogP contribution in [0, 0.1) is 13.8 Å². The Kier molecular flexibility index (Phi) is 3.43. The monoisotopic (exact) mass is 275 g/mol. The van der Waals surface area contributed by atoms with Crippen molar-refractivity contribution < 1.29 is 15.0 Å². The van der Waals surface area contributed by atoms with E-state index in [1.165, 1.54) is 18.2 Å². The number of hydrogen-bond donors (Lipinski definition) is 4. The van der Waals surface area contributed by atoms with Crippen molar-refractivity contribution in [3.05, 3.63) is 45.4 Å². The normalized spacial score (nSPS) is 10.3. The molecule has 2 aromatic rings. The average molecular weight is 275 g/mol. The number of nitrogens with zero attached hydrogens (tertiary/aromatic N) is 1. The summed E-state index contributed by atoms with van der Waals surface area (Å²) in [4.78, 5) is 29.2. The molecule has 1 aromatic heterocycles. The minimum atomic E-state index is -1.24. The fourth-order valence-electron chi connectivity index (χ4n) is 1.63. The molecule has 7 nitrogen and oxygen atoms in total. The lowest BCUT2D eigenvalue weighted by Crippen LogP contribution is -2.15. The number of benzene rings is 1. The quantitative estimate of drug-likeness (QED) is 0.631. The Morgan fingerprint density at radius 3 is 2.65 bits per heavy atom. The number of H-pyrrole nitrogens is 1. The van der Waals surface area contributed by atoms with Gasteiger partial charge in [-0.1, -0.05) is 0 Å². The van der Waals surface area contributed by atoms with Crippen LogP contribution in [0.1, 0.15) is 21.6 Å². The first kappa shape index (κ1) is 13.6.